The van der Waals surface area contributed by atoms with Crippen molar-refractivity contribution in [2.45, 2.75) is 0 Å². The lowest BCUT2D eigenvalue weighted by Crippen LogP contribution is -2.20. The molecule has 5 nitrogen and oxygen atoms in total. The second-order valence-electron chi connectivity index (χ2n) is 5.31. The smallest absolute Gasteiger partial charge is 0.314 e. The van der Waals surface area contributed by atoms with Gasteiger partial charge in [0.1, 0.15) is 0 Å². The van der Waals surface area contributed by atoms with E-state index >= 15 is 0 Å². The van der Waals surface area contributed by atoms with Gasteiger partial charge in [-0.2, -0.15) is 0 Å². The summed E-state index contributed by atoms with van der Waals surface area (Å²) < 4.78 is 0. The van der Waals surface area contributed by atoms with Crippen LogP contribution in [0.25, 0.3) is 21.8 Å². The first-order valence-electron chi connectivity index (χ1n) is 7.89. The van der Waals surface area contributed by atoms with Crippen LogP contribution in [0.5, 0.6) is 0 Å². The van der Waals surface area contributed by atoms with E-state index in [-0.39, 0.29) is 6.03 Å². The topological polar surface area (TPSA) is 72.7 Å². The van der Waals surface area contributed by atoms with Crippen molar-refractivity contribution < 1.29 is 4.79 Å². The lowest BCUT2D eigenvalue weighted by atomic mass is 10.3. The summed E-state index contributed by atoms with van der Waals surface area (Å²) in [6, 6.07) is 20.5. The summed E-state index contributed by atoms with van der Waals surface area (Å²) in [4.78, 5) is 16.3. The van der Waals surface area contributed by atoms with Crippen molar-refractivity contribution in [2.75, 3.05) is 13.1 Å². The van der Waals surface area contributed by atoms with Crippen LogP contribution in [0.15, 0.2) is 73.1 Å². The Hall–Kier alpha value is -3.21. The predicted molar refractivity (Wildman–Crippen MR) is 98.0 cm³/mol. The third kappa shape index (κ3) is 4.16. The minimum atomic E-state index is -0.0463. The highest BCUT2D eigenvalue weighted by Crippen LogP contribution is 2.09. The average molecular weight is 320 g/mol. The zero-order chi connectivity index (χ0) is 16.6. The van der Waals surface area contributed by atoms with E-state index in [4.69, 9.17) is 0 Å². The van der Waals surface area contributed by atoms with E-state index in [1.807, 2.05) is 36.7 Å². The first-order chi connectivity index (χ1) is 11.8. The molecule has 0 unspecified atom stereocenters. The molecule has 5 rings (SSSR count). The molecule has 1 fully saturated rings. The maximum Gasteiger partial charge on any atom is 0.314 e. The van der Waals surface area contributed by atoms with Gasteiger partial charge >= 0.3 is 6.03 Å². The molecule has 4 aromatic rings. The van der Waals surface area contributed by atoms with Crippen molar-refractivity contribution in [3.05, 3.63) is 73.1 Å². The molecule has 2 aromatic carbocycles. The van der Waals surface area contributed by atoms with Crippen LogP contribution in [0.2, 0.25) is 0 Å². The lowest BCUT2D eigenvalue weighted by Gasteiger charge is -1.83. The number of fused-ring (bicyclic) bond motifs is 2. The third-order valence-electron chi connectivity index (χ3n) is 3.62. The molecule has 0 saturated carbocycles. The Balaban J connectivity index is 0.000000108. The van der Waals surface area contributed by atoms with Crippen molar-refractivity contribution in [3.8, 4) is 0 Å². The molecule has 5 heteroatoms. The number of nitrogens with one attached hydrogen (secondary N) is 4. The number of aromatic amines is 2. The molecule has 0 bridgehead atoms. The van der Waals surface area contributed by atoms with E-state index in [0.717, 1.165) is 13.1 Å². The molecule has 0 atom stereocenters. The number of carbonyl (C=O) groups excluding carboxylic acids is 1. The van der Waals surface area contributed by atoms with Crippen molar-refractivity contribution in [1.29, 1.82) is 0 Å². The molecule has 24 heavy (non-hydrogen) atoms. The van der Waals surface area contributed by atoms with Crippen LogP contribution in [-0.2, 0) is 0 Å². The number of para-hydroxylation sites is 2. The van der Waals surface area contributed by atoms with E-state index < -0.39 is 0 Å². The number of carbonyl (C=O) groups is 1. The summed E-state index contributed by atoms with van der Waals surface area (Å²) in [6.07, 6.45) is 3.90. The fourth-order valence-electron chi connectivity index (χ4n) is 2.40. The number of aromatic nitrogens is 2. The Morgan fingerprint density at radius 3 is 1.46 bits per heavy atom. The Labute approximate surface area is 140 Å². The van der Waals surface area contributed by atoms with E-state index in [1.54, 1.807) is 0 Å². The lowest BCUT2D eigenvalue weighted by molar-refractivity contribution is 0.248. The monoisotopic (exact) mass is 320 g/mol. The normalized spacial score (nSPS) is 12.6. The Kier molecular flexibility index (Phi) is 5.14. The molecular weight excluding hydrogens is 300 g/mol. The van der Waals surface area contributed by atoms with Crippen LogP contribution < -0.4 is 10.6 Å². The molecule has 2 aromatic heterocycles. The molecule has 4 N–H and O–H groups in total. The van der Waals surface area contributed by atoms with Gasteiger partial charge in [0.15, 0.2) is 0 Å². The van der Waals surface area contributed by atoms with E-state index in [0.29, 0.717) is 0 Å². The Morgan fingerprint density at radius 2 is 1.08 bits per heavy atom. The standard InChI is InChI=1S/2C8H7N.C3H6N2O/c2*1-2-4-8-7(3-1)5-6-9-8;6-3-4-1-2-5-3/h2*1-6,9H;1-2H2,(H2,4,5,6). The Morgan fingerprint density at radius 1 is 0.625 bits per heavy atom. The largest absolute Gasteiger partial charge is 0.361 e. The van der Waals surface area contributed by atoms with Crippen molar-refractivity contribution in [3.63, 3.8) is 0 Å². The molecule has 2 amide bonds. The van der Waals surface area contributed by atoms with Crippen LogP contribution in [0, 0.1) is 0 Å². The van der Waals surface area contributed by atoms with Crippen LogP contribution in [0.3, 0.4) is 0 Å². The molecule has 1 aliphatic rings. The second kappa shape index (κ2) is 7.87. The van der Waals surface area contributed by atoms with Gasteiger partial charge in [0.05, 0.1) is 0 Å². The van der Waals surface area contributed by atoms with Gasteiger partial charge in [-0.15, -0.1) is 0 Å². The van der Waals surface area contributed by atoms with E-state index in [9.17, 15) is 4.79 Å². The minimum Gasteiger partial charge on any atom is -0.361 e. The molecule has 0 aliphatic carbocycles. The first kappa shape index (κ1) is 15.7. The van der Waals surface area contributed by atoms with Crippen LogP contribution in [0.4, 0.5) is 4.79 Å². The summed E-state index contributed by atoms with van der Waals surface area (Å²) in [5.74, 6) is 0. The van der Waals surface area contributed by atoms with Gasteiger partial charge in [-0.3, -0.25) is 0 Å². The number of urea groups is 1. The second-order valence-corrected chi connectivity index (χ2v) is 5.31. The summed E-state index contributed by atoms with van der Waals surface area (Å²) >= 11 is 0. The maximum atomic E-state index is 10.0. The number of hydrogen-bond donors (Lipinski definition) is 4. The van der Waals surface area contributed by atoms with Crippen molar-refractivity contribution >= 4 is 27.8 Å². The first-order valence-corrected chi connectivity index (χ1v) is 7.89. The summed E-state index contributed by atoms with van der Waals surface area (Å²) in [7, 11) is 0. The Bertz CT molecular complexity index is 775. The number of benzene rings is 2. The summed E-state index contributed by atoms with van der Waals surface area (Å²) in [5, 5.41) is 7.69. The van der Waals surface area contributed by atoms with Crippen LogP contribution in [0.1, 0.15) is 0 Å². The van der Waals surface area contributed by atoms with Crippen molar-refractivity contribution in [1.82, 2.24) is 20.6 Å². The maximum absolute atomic E-state index is 10.0. The third-order valence-corrected chi connectivity index (χ3v) is 3.62. The SMILES string of the molecule is O=C1NCCN1.c1ccc2[nH]ccc2c1.c1ccc2[nH]ccc2c1. The van der Waals surface area contributed by atoms with Gasteiger partial charge in [0.2, 0.25) is 0 Å². The van der Waals surface area contributed by atoms with Gasteiger partial charge in [0, 0.05) is 36.5 Å². The summed E-state index contributed by atoms with van der Waals surface area (Å²) in [5.41, 5.74) is 2.41. The number of H-pyrrole nitrogens is 2. The zero-order valence-electron chi connectivity index (χ0n) is 13.3. The van der Waals surface area contributed by atoms with Gasteiger partial charge in [0.25, 0.3) is 0 Å². The summed E-state index contributed by atoms with van der Waals surface area (Å²) in [6.45, 7) is 1.55. The van der Waals surface area contributed by atoms with Crippen LogP contribution in [-0.4, -0.2) is 29.1 Å². The highest BCUT2D eigenvalue weighted by atomic mass is 16.2. The molecule has 3 heterocycles. The fourth-order valence-corrected chi connectivity index (χ4v) is 2.40. The number of rotatable bonds is 0. The molecular formula is C19H20N4O. The van der Waals surface area contributed by atoms with Crippen LogP contribution >= 0.6 is 0 Å². The van der Waals surface area contributed by atoms with E-state index in [1.165, 1.54) is 21.8 Å². The highest BCUT2D eigenvalue weighted by Gasteiger charge is 2.03. The molecule has 0 spiro atoms. The minimum absolute atomic E-state index is 0.0463. The predicted octanol–water partition coefficient (Wildman–Crippen LogP) is 3.64. The molecule has 1 saturated heterocycles. The molecule has 1 aliphatic heterocycles. The number of hydrogen-bond acceptors (Lipinski definition) is 1. The average Bonchev–Trinajstić information content (AvgIpc) is 3.37. The molecule has 122 valence electrons. The van der Waals surface area contributed by atoms with Gasteiger partial charge in [-0.25, -0.2) is 4.79 Å². The zero-order valence-corrected chi connectivity index (χ0v) is 13.3. The highest BCUT2D eigenvalue weighted by molar-refractivity contribution is 5.79. The van der Waals surface area contributed by atoms with Crippen molar-refractivity contribution in [2.24, 2.45) is 0 Å². The van der Waals surface area contributed by atoms with Gasteiger partial charge in [-0.05, 0) is 35.0 Å². The van der Waals surface area contributed by atoms with Gasteiger partial charge < -0.3 is 20.6 Å². The quantitative estimate of drug-likeness (QED) is 0.392. The van der Waals surface area contributed by atoms with E-state index in [2.05, 4.69) is 57.0 Å². The van der Waals surface area contributed by atoms with Gasteiger partial charge in [-0.1, -0.05) is 36.4 Å². The number of amides is 2. The molecule has 0 radical (unpaired) electrons. The fraction of sp³-hybridized carbons (Fsp3) is 0.105.